The Balaban J connectivity index is 0.00000215. The van der Waals surface area contributed by atoms with E-state index in [0.717, 1.165) is 18.2 Å². The van der Waals surface area contributed by atoms with Gasteiger partial charge in [0.05, 0.1) is 24.3 Å². The first-order chi connectivity index (χ1) is 26.9. The lowest BCUT2D eigenvalue weighted by Crippen LogP contribution is -2.06. The van der Waals surface area contributed by atoms with Crippen LogP contribution in [0.2, 0.25) is 0 Å². The molecule has 0 aliphatic rings. The summed E-state index contributed by atoms with van der Waals surface area (Å²) in [5.41, 5.74) is 0.964. The van der Waals surface area contributed by atoms with Gasteiger partial charge in [-0.3, -0.25) is 18.2 Å². The number of rotatable bonds is 19. The molecule has 318 valence electrons. The van der Waals surface area contributed by atoms with Crippen LogP contribution in [-0.4, -0.2) is 110 Å². The van der Waals surface area contributed by atoms with Crippen molar-refractivity contribution in [3.8, 4) is 5.75 Å². The quantitative estimate of drug-likeness (QED) is 0.0439. The largest absolute Gasteiger partial charge is 0.496 e. The maximum absolute atomic E-state index is 12.3. The first kappa shape index (κ1) is 48.7. The molecule has 0 spiro atoms. The highest BCUT2D eigenvalue weighted by Crippen LogP contribution is 2.36. The Morgan fingerprint density at radius 2 is 1.21 bits per heavy atom. The summed E-state index contributed by atoms with van der Waals surface area (Å²) in [6.07, 6.45) is 1.47. The van der Waals surface area contributed by atoms with Crippen LogP contribution in [0.4, 0.5) is 11.4 Å². The van der Waals surface area contributed by atoms with Gasteiger partial charge >= 0.3 is 10.6 Å². The van der Waals surface area contributed by atoms with Crippen molar-refractivity contribution in [2.75, 3.05) is 30.1 Å². The highest BCUT2D eigenvalue weighted by atomic mass is 32.2. The summed E-state index contributed by atoms with van der Waals surface area (Å²) < 4.78 is 161. The minimum absolute atomic E-state index is 0.0605. The summed E-state index contributed by atoms with van der Waals surface area (Å²) in [7, 11) is -19.5. The van der Waals surface area contributed by atoms with Gasteiger partial charge in [-0.05, 0) is 67.8 Å². The number of methoxy groups -OCH3 is 1. The zero-order valence-corrected chi connectivity index (χ0v) is 35.9. The first-order valence-corrected chi connectivity index (χ1v) is 25.2. The number of ether oxygens (including phenoxy) is 1. The Labute approximate surface area is 343 Å². The topological polar surface area (TPSA) is 341 Å². The summed E-state index contributed by atoms with van der Waals surface area (Å²) in [5, 5.41) is 8.90. The van der Waals surface area contributed by atoms with Crippen molar-refractivity contribution in [1.82, 2.24) is 15.0 Å². The van der Waals surface area contributed by atoms with Gasteiger partial charge in [-0.25, -0.2) is 9.97 Å². The van der Waals surface area contributed by atoms with Crippen LogP contribution in [0.3, 0.4) is 0 Å². The molecule has 4 N–H and O–H groups in total. The predicted molar refractivity (Wildman–Crippen MR) is 211 cm³/mol. The van der Waals surface area contributed by atoms with Crippen molar-refractivity contribution in [1.29, 1.82) is 0 Å². The molecule has 0 atom stereocenters. The summed E-state index contributed by atoms with van der Waals surface area (Å²) in [5.74, 6) is 0.765. The zero-order chi connectivity index (χ0) is 43.5. The van der Waals surface area contributed by atoms with Gasteiger partial charge < -0.3 is 4.74 Å². The monoisotopic (exact) mass is 945 g/mol. The number of nitrogens with zero attached hydrogens (tertiary/aromatic N) is 5. The molecule has 0 saturated heterocycles. The summed E-state index contributed by atoms with van der Waals surface area (Å²) in [6.45, 7) is 1.69. The molecule has 0 radical (unpaired) electrons. The SMILES string of the molecule is COc1cc(N=Nc2cc3c(S(=O)(=O)O)cccc3cc2S(=O)(=O)O)c(C)cc1Cc1nc(SCCCCS(=O)(=O)O)nc(SCCCCS(=O)(=O)O)n1.O=S(=O)=O. The number of aryl methyl sites for hydroxylation is 1. The minimum Gasteiger partial charge on any atom is -0.496 e. The third-order valence-electron chi connectivity index (χ3n) is 7.39. The second-order valence-corrected chi connectivity index (χ2v) is 20.2. The molecular formula is C30H35N5O16S7. The van der Waals surface area contributed by atoms with E-state index in [1.807, 2.05) is 0 Å². The number of aromatic nitrogens is 3. The highest BCUT2D eigenvalue weighted by Gasteiger charge is 2.22. The zero-order valence-electron chi connectivity index (χ0n) is 30.2. The number of benzene rings is 3. The molecule has 4 aromatic rings. The Morgan fingerprint density at radius 1 is 0.690 bits per heavy atom. The number of fused-ring (bicyclic) bond motifs is 1. The van der Waals surface area contributed by atoms with Crippen molar-refractivity contribution in [3.63, 3.8) is 0 Å². The molecule has 0 aliphatic heterocycles. The summed E-state index contributed by atoms with van der Waals surface area (Å²) in [6, 6.07) is 9.12. The van der Waals surface area contributed by atoms with E-state index in [1.165, 1.54) is 48.8 Å². The molecule has 0 aliphatic carbocycles. The lowest BCUT2D eigenvalue weighted by atomic mass is 10.1. The molecule has 0 amide bonds. The van der Waals surface area contributed by atoms with E-state index < -0.39 is 66.6 Å². The third-order valence-corrected chi connectivity index (χ3v) is 12.7. The second-order valence-electron chi connectivity index (χ2n) is 11.8. The number of unbranched alkanes of at least 4 members (excludes halogenated alkanes) is 2. The minimum atomic E-state index is -4.86. The van der Waals surface area contributed by atoms with Crippen molar-refractivity contribution < 1.29 is 69.2 Å². The highest BCUT2D eigenvalue weighted by molar-refractivity contribution is 7.99. The van der Waals surface area contributed by atoms with E-state index in [2.05, 4.69) is 25.2 Å². The van der Waals surface area contributed by atoms with E-state index in [0.29, 0.717) is 57.4 Å². The van der Waals surface area contributed by atoms with Crippen LogP contribution in [0.15, 0.2) is 72.8 Å². The fraction of sp³-hybridized carbons (Fsp3) is 0.367. The predicted octanol–water partition coefficient (Wildman–Crippen LogP) is 4.36. The van der Waals surface area contributed by atoms with Gasteiger partial charge in [0.15, 0.2) is 10.3 Å². The average Bonchev–Trinajstić information content (AvgIpc) is 3.08. The van der Waals surface area contributed by atoms with Crippen molar-refractivity contribution >= 4 is 96.8 Å². The normalized spacial score (nSPS) is 12.4. The molecule has 0 fully saturated rings. The summed E-state index contributed by atoms with van der Waals surface area (Å²) in [4.78, 5) is 12.4. The molecule has 0 unspecified atom stereocenters. The van der Waals surface area contributed by atoms with Crippen LogP contribution in [-0.2, 0) is 57.5 Å². The molecule has 58 heavy (non-hydrogen) atoms. The Bertz CT molecular complexity index is 2670. The average molecular weight is 946 g/mol. The van der Waals surface area contributed by atoms with Gasteiger partial charge in [0.2, 0.25) is 0 Å². The Morgan fingerprint density at radius 3 is 1.69 bits per heavy atom. The van der Waals surface area contributed by atoms with E-state index in [4.69, 9.17) is 26.5 Å². The van der Waals surface area contributed by atoms with Crippen molar-refractivity contribution in [2.45, 2.75) is 59.1 Å². The van der Waals surface area contributed by atoms with Gasteiger partial charge in [-0.15, -0.1) is 17.7 Å². The van der Waals surface area contributed by atoms with Crippen LogP contribution in [0.5, 0.6) is 5.75 Å². The third kappa shape index (κ3) is 16.5. The van der Waals surface area contributed by atoms with Gasteiger partial charge in [-0.2, -0.15) is 43.8 Å². The van der Waals surface area contributed by atoms with Crippen molar-refractivity contribution in [2.24, 2.45) is 10.2 Å². The standard InChI is InChI=1S/C30H35N5O13S6.O3S/c1-19-14-21(16-28-31-29(49-10-3-5-12-51(36,37)38)33-30(32-28)50-11-4-6-13-52(39,40)41)25(48-2)18-23(19)34-35-24-17-22-20(15-27(24)54(45,46)47)8-7-9-26(22)53(42,43)44;1-4(2)3/h7-9,14-15,17-18H,3-6,10-13,16H2,1-2H3,(H,36,37,38)(H,39,40,41)(H,42,43,44)(H,45,46,47);. The fourth-order valence-corrected chi connectivity index (χ4v) is 9.16. The molecule has 0 saturated carbocycles. The Hall–Kier alpha value is -3.71. The number of hydrogen-bond acceptors (Lipinski definition) is 19. The van der Waals surface area contributed by atoms with Gasteiger partial charge in [0.1, 0.15) is 27.1 Å². The number of hydrogen-bond donors (Lipinski definition) is 4. The van der Waals surface area contributed by atoms with Crippen LogP contribution < -0.4 is 4.74 Å². The van der Waals surface area contributed by atoms with E-state index in [-0.39, 0.29) is 47.2 Å². The van der Waals surface area contributed by atoms with Gasteiger partial charge in [-0.1, -0.05) is 35.7 Å². The summed E-state index contributed by atoms with van der Waals surface area (Å²) >= 11 is 2.50. The molecule has 0 bridgehead atoms. The molecule has 21 nitrogen and oxygen atoms in total. The smallest absolute Gasteiger partial charge is 0.425 e. The van der Waals surface area contributed by atoms with Crippen LogP contribution in [0.25, 0.3) is 10.8 Å². The van der Waals surface area contributed by atoms with E-state index in [1.54, 1.807) is 13.0 Å². The van der Waals surface area contributed by atoms with Crippen LogP contribution in [0, 0.1) is 6.92 Å². The maximum Gasteiger partial charge on any atom is 0.425 e. The molecule has 1 aromatic heterocycles. The fourth-order valence-electron chi connectivity index (χ4n) is 4.91. The van der Waals surface area contributed by atoms with Gasteiger partial charge in [0, 0.05) is 34.9 Å². The maximum atomic E-state index is 12.3. The number of thioether (sulfide) groups is 2. The molecule has 1 heterocycles. The van der Waals surface area contributed by atoms with Crippen LogP contribution >= 0.6 is 23.5 Å². The van der Waals surface area contributed by atoms with E-state index in [9.17, 15) is 42.8 Å². The van der Waals surface area contributed by atoms with Gasteiger partial charge in [0.25, 0.3) is 40.5 Å². The second kappa shape index (κ2) is 21.0. The molecular weight excluding hydrogens is 911 g/mol. The lowest BCUT2D eigenvalue weighted by Gasteiger charge is -2.12. The first-order valence-electron chi connectivity index (χ1n) is 16.1. The molecule has 3 aromatic carbocycles. The van der Waals surface area contributed by atoms with E-state index >= 15 is 0 Å². The van der Waals surface area contributed by atoms with Crippen LogP contribution in [0.1, 0.15) is 42.6 Å². The molecule has 4 rings (SSSR count). The molecule has 28 heteroatoms. The Kier molecular flexibility index (Phi) is 17.6. The number of azo groups is 1. The van der Waals surface area contributed by atoms with Crippen molar-refractivity contribution in [3.05, 3.63) is 59.4 Å². The lowest BCUT2D eigenvalue weighted by molar-refractivity contribution is 0.410.